The van der Waals surface area contributed by atoms with Gasteiger partial charge in [0.1, 0.15) is 36.6 Å². The van der Waals surface area contributed by atoms with Crippen molar-refractivity contribution in [2.45, 2.75) is 313 Å². The van der Waals surface area contributed by atoms with E-state index in [0.29, 0.717) is 19.3 Å². The van der Waals surface area contributed by atoms with Gasteiger partial charge in [-0.15, -0.1) is 0 Å². The van der Waals surface area contributed by atoms with Crippen LogP contribution >= 0.6 is 0 Å². The number of hydrogen-bond acceptors (Lipinski definition) is 10. The fraction of sp³-hybridized carbons (Fsp3) is 0.879. The molecular weight excluding hydrogens is 871 g/mol. The van der Waals surface area contributed by atoms with Gasteiger partial charge in [-0.05, 0) is 64.2 Å². The Labute approximate surface area is 422 Å². The van der Waals surface area contributed by atoms with Gasteiger partial charge in [-0.3, -0.25) is 4.79 Å². The Kier molecular flexibility index (Phi) is 44.8. The molecule has 8 N–H and O–H groups in total. The van der Waals surface area contributed by atoms with Gasteiger partial charge in [0.05, 0.1) is 25.4 Å². The van der Waals surface area contributed by atoms with Crippen LogP contribution in [0.5, 0.6) is 0 Å². The van der Waals surface area contributed by atoms with Crippen LogP contribution in [0.1, 0.15) is 258 Å². The highest BCUT2D eigenvalue weighted by molar-refractivity contribution is 5.80. The minimum atomic E-state index is -1.67. The molecule has 1 aliphatic heterocycles. The van der Waals surface area contributed by atoms with E-state index in [4.69, 9.17) is 9.47 Å². The zero-order valence-electron chi connectivity index (χ0n) is 44.3. The normalized spacial score (nSPS) is 20.6. The third kappa shape index (κ3) is 36.0. The molecule has 1 amide bonds. The molecule has 0 aromatic rings. The predicted molar refractivity (Wildman–Crippen MR) is 284 cm³/mol. The second-order valence-corrected chi connectivity index (χ2v) is 20.3. The topological polar surface area (TPSA) is 189 Å². The summed E-state index contributed by atoms with van der Waals surface area (Å²) in [6, 6.07) is -1.19. The minimum Gasteiger partial charge on any atom is -0.394 e. The van der Waals surface area contributed by atoms with Crippen molar-refractivity contribution in [1.82, 2.24) is 5.32 Å². The standard InChI is InChI=1S/C58H109NO10/c1-3-5-7-9-11-13-15-17-18-19-20-21-22-23-24-25-26-27-28-29-30-31-32-33-34-36-37-39-41-43-45-50(61)53(63)49(48-68-58-56(66)55(65)54(64)52(47-60)69-58)59-57(67)51(62)46-44-42-40-38-35-16-14-12-10-8-6-4-2/h28-29,32-33,37,39,49-56,58,60-66H,3-27,30-31,34-36,38,40-48H2,1-2H3,(H,59,67)/b29-28+,33-32+,39-37+. The number of ether oxygens (including phenoxy) is 2. The van der Waals surface area contributed by atoms with Crippen LogP contribution in [-0.4, -0.2) is 110 Å². The van der Waals surface area contributed by atoms with Crippen molar-refractivity contribution >= 4 is 5.91 Å². The molecule has 11 heteroatoms. The van der Waals surface area contributed by atoms with Crippen LogP contribution in [-0.2, 0) is 14.3 Å². The number of aliphatic hydroxyl groups excluding tert-OH is 7. The van der Waals surface area contributed by atoms with Gasteiger partial charge in [0.25, 0.3) is 0 Å². The summed E-state index contributed by atoms with van der Waals surface area (Å²) in [5.74, 6) is -0.712. The molecule has 0 aromatic heterocycles. The highest BCUT2D eigenvalue weighted by atomic mass is 16.7. The minimum absolute atomic E-state index is 0.242. The average Bonchev–Trinajstić information content (AvgIpc) is 3.35. The summed E-state index contributed by atoms with van der Waals surface area (Å²) >= 11 is 0. The Hall–Kier alpha value is -1.67. The fourth-order valence-electron chi connectivity index (χ4n) is 9.18. The van der Waals surface area contributed by atoms with Gasteiger partial charge >= 0.3 is 0 Å². The molecule has 1 heterocycles. The van der Waals surface area contributed by atoms with E-state index in [1.807, 2.05) is 0 Å². The summed E-state index contributed by atoms with van der Waals surface area (Å²) in [5.41, 5.74) is 0. The summed E-state index contributed by atoms with van der Waals surface area (Å²) in [4.78, 5) is 13.1. The third-order valence-corrected chi connectivity index (χ3v) is 13.9. The second-order valence-electron chi connectivity index (χ2n) is 20.3. The van der Waals surface area contributed by atoms with Crippen molar-refractivity contribution in [3.63, 3.8) is 0 Å². The monoisotopic (exact) mass is 980 g/mol. The van der Waals surface area contributed by atoms with E-state index in [9.17, 15) is 40.5 Å². The van der Waals surface area contributed by atoms with Gasteiger partial charge in [-0.25, -0.2) is 0 Å². The van der Waals surface area contributed by atoms with Crippen LogP contribution < -0.4 is 5.32 Å². The van der Waals surface area contributed by atoms with Crippen LogP contribution in [0, 0.1) is 0 Å². The first-order valence-electron chi connectivity index (χ1n) is 28.9. The van der Waals surface area contributed by atoms with E-state index in [1.54, 1.807) is 0 Å². The van der Waals surface area contributed by atoms with Gasteiger partial charge in [0.2, 0.25) is 5.91 Å². The van der Waals surface area contributed by atoms with E-state index in [2.05, 4.69) is 55.6 Å². The maximum atomic E-state index is 13.1. The molecule has 1 fully saturated rings. The average molecular weight is 981 g/mol. The molecule has 9 atom stereocenters. The Morgan fingerprint density at radius 1 is 0.493 bits per heavy atom. The van der Waals surface area contributed by atoms with E-state index < -0.39 is 74.2 Å². The highest BCUT2D eigenvalue weighted by Crippen LogP contribution is 2.23. The van der Waals surface area contributed by atoms with Crippen molar-refractivity contribution in [1.29, 1.82) is 0 Å². The number of nitrogens with one attached hydrogen (secondary N) is 1. The van der Waals surface area contributed by atoms with Crippen LogP contribution in [0.15, 0.2) is 36.5 Å². The second kappa shape index (κ2) is 47.3. The molecule has 0 bridgehead atoms. The lowest BCUT2D eigenvalue weighted by Crippen LogP contribution is -2.60. The van der Waals surface area contributed by atoms with Gasteiger partial charge in [0.15, 0.2) is 6.29 Å². The lowest BCUT2D eigenvalue weighted by Gasteiger charge is -2.40. The molecule has 69 heavy (non-hydrogen) atoms. The summed E-state index contributed by atoms with van der Waals surface area (Å²) in [6.45, 7) is 3.43. The zero-order valence-corrected chi connectivity index (χ0v) is 44.3. The van der Waals surface area contributed by atoms with Crippen molar-refractivity contribution in [2.75, 3.05) is 13.2 Å². The van der Waals surface area contributed by atoms with Gasteiger partial charge < -0.3 is 50.5 Å². The molecule has 0 aromatic carbocycles. The van der Waals surface area contributed by atoms with Gasteiger partial charge in [0, 0.05) is 0 Å². The molecule has 0 radical (unpaired) electrons. The molecule has 9 unspecified atom stereocenters. The Balaban J connectivity index is 2.29. The number of unbranched alkanes of at least 4 members (excludes halogenated alkanes) is 31. The van der Waals surface area contributed by atoms with Gasteiger partial charge in [-0.1, -0.05) is 230 Å². The van der Waals surface area contributed by atoms with Crippen molar-refractivity contribution in [3.05, 3.63) is 36.5 Å². The quantitative estimate of drug-likeness (QED) is 0.0215. The van der Waals surface area contributed by atoms with Crippen LogP contribution in [0.4, 0.5) is 0 Å². The maximum Gasteiger partial charge on any atom is 0.249 e. The molecule has 11 nitrogen and oxygen atoms in total. The molecule has 1 rings (SSSR count). The van der Waals surface area contributed by atoms with Crippen LogP contribution in [0.25, 0.3) is 0 Å². The molecule has 406 valence electrons. The first-order valence-corrected chi connectivity index (χ1v) is 28.9. The van der Waals surface area contributed by atoms with Crippen molar-refractivity contribution < 1.29 is 50.0 Å². The summed E-state index contributed by atoms with van der Waals surface area (Å²) < 4.78 is 11.1. The number of allylic oxidation sites excluding steroid dienone is 6. The van der Waals surface area contributed by atoms with E-state index in [1.165, 1.54) is 167 Å². The van der Waals surface area contributed by atoms with Crippen molar-refractivity contribution in [3.8, 4) is 0 Å². The Morgan fingerprint density at radius 2 is 0.870 bits per heavy atom. The summed E-state index contributed by atoms with van der Waals surface area (Å²) in [7, 11) is 0. The first-order chi connectivity index (χ1) is 33.7. The zero-order chi connectivity index (χ0) is 50.4. The molecule has 0 saturated carbocycles. The third-order valence-electron chi connectivity index (χ3n) is 13.9. The number of rotatable bonds is 49. The summed E-state index contributed by atoms with van der Waals surface area (Å²) in [6.07, 6.45) is 46.5. The predicted octanol–water partition coefficient (Wildman–Crippen LogP) is 11.9. The number of amides is 1. The van der Waals surface area contributed by atoms with E-state index in [-0.39, 0.29) is 12.8 Å². The first kappa shape index (κ1) is 65.3. The Morgan fingerprint density at radius 3 is 1.29 bits per heavy atom. The number of carbonyl (C=O) groups is 1. The van der Waals surface area contributed by atoms with E-state index in [0.717, 1.165) is 44.9 Å². The van der Waals surface area contributed by atoms with Gasteiger partial charge in [-0.2, -0.15) is 0 Å². The van der Waals surface area contributed by atoms with Crippen molar-refractivity contribution in [2.24, 2.45) is 0 Å². The fourth-order valence-corrected chi connectivity index (χ4v) is 9.18. The molecule has 0 spiro atoms. The number of carbonyl (C=O) groups excluding carboxylic acids is 1. The molecule has 1 saturated heterocycles. The number of aliphatic hydroxyl groups is 7. The van der Waals surface area contributed by atoms with Crippen LogP contribution in [0.2, 0.25) is 0 Å². The van der Waals surface area contributed by atoms with E-state index >= 15 is 0 Å². The lowest BCUT2D eigenvalue weighted by atomic mass is 9.98. The smallest absolute Gasteiger partial charge is 0.249 e. The SMILES string of the molecule is CCCCCCCCCCCCCCCCCCC/C=C/CC/C=C/CC/C=C/CCCC(O)C(O)C(COC1OC(CO)C(O)C(O)C1O)NC(=O)C(O)CCCCCCCCCCCCCC. The number of hydrogen-bond donors (Lipinski definition) is 8. The summed E-state index contributed by atoms with van der Waals surface area (Å²) in [5, 5.41) is 75.9. The lowest BCUT2D eigenvalue weighted by molar-refractivity contribution is -0.303. The molecular formula is C58H109NO10. The Bertz CT molecular complexity index is 1210. The van der Waals surface area contributed by atoms with Crippen LogP contribution in [0.3, 0.4) is 0 Å². The molecule has 0 aliphatic carbocycles. The maximum absolute atomic E-state index is 13.1. The highest BCUT2D eigenvalue weighted by Gasteiger charge is 2.44. The largest absolute Gasteiger partial charge is 0.394 e. The molecule has 1 aliphatic rings.